The van der Waals surface area contributed by atoms with Gasteiger partial charge < -0.3 is 20.1 Å². The molecule has 0 radical (unpaired) electrons. The quantitative estimate of drug-likeness (QED) is 0.805. The first-order chi connectivity index (χ1) is 9.40. The van der Waals surface area contributed by atoms with E-state index in [9.17, 15) is 4.79 Å². The van der Waals surface area contributed by atoms with E-state index in [1.54, 1.807) is 20.3 Å². The molecule has 0 aliphatic heterocycles. The second kappa shape index (κ2) is 7.03. The van der Waals surface area contributed by atoms with Crippen LogP contribution in [0.2, 0.25) is 0 Å². The minimum Gasteiger partial charge on any atom is -0.497 e. The maximum absolute atomic E-state index is 11.9. The number of rotatable bonds is 7. The van der Waals surface area contributed by atoms with Crippen LogP contribution >= 0.6 is 0 Å². The van der Waals surface area contributed by atoms with Crippen LogP contribution in [-0.2, 0) is 4.79 Å². The number of nitrogens with one attached hydrogen (secondary N) is 2. The first-order valence-corrected chi connectivity index (χ1v) is 6.68. The molecule has 5 heteroatoms. The lowest BCUT2D eigenvalue weighted by atomic mass is 10.0. The third-order valence-electron chi connectivity index (χ3n) is 3.17. The molecule has 0 unspecified atom stereocenters. The highest BCUT2D eigenvalue weighted by Gasteiger charge is 2.17. The summed E-state index contributed by atoms with van der Waals surface area (Å²) < 4.78 is 10.4. The normalized spacial score (nSPS) is 10.8. The molecule has 0 saturated carbocycles. The van der Waals surface area contributed by atoms with Gasteiger partial charge in [0.1, 0.15) is 11.5 Å². The van der Waals surface area contributed by atoms with Gasteiger partial charge in [0.2, 0.25) is 5.91 Å². The third kappa shape index (κ3) is 4.99. The monoisotopic (exact) mass is 280 g/mol. The predicted molar refractivity (Wildman–Crippen MR) is 80.5 cm³/mol. The summed E-state index contributed by atoms with van der Waals surface area (Å²) >= 11 is 0. The summed E-state index contributed by atoms with van der Waals surface area (Å²) in [5.74, 6) is 1.32. The van der Waals surface area contributed by atoms with Crippen molar-refractivity contribution in [3.05, 3.63) is 18.2 Å². The van der Waals surface area contributed by atoms with Crippen molar-refractivity contribution in [3.8, 4) is 11.5 Å². The SMILES string of the molecule is CCC(C)(C)NC(=O)CNc1cc(OC)cc(OC)c1. The molecule has 0 saturated heterocycles. The van der Waals surface area contributed by atoms with Gasteiger partial charge in [0.05, 0.1) is 20.8 Å². The predicted octanol–water partition coefficient (Wildman–Crippen LogP) is 2.42. The van der Waals surface area contributed by atoms with Gasteiger partial charge in [-0.25, -0.2) is 0 Å². The second-order valence-electron chi connectivity index (χ2n) is 5.24. The Morgan fingerprint density at radius 1 is 1.15 bits per heavy atom. The van der Waals surface area contributed by atoms with Gasteiger partial charge in [-0.3, -0.25) is 4.79 Å². The van der Waals surface area contributed by atoms with E-state index in [1.165, 1.54) is 0 Å². The Hall–Kier alpha value is -1.91. The molecule has 1 aromatic carbocycles. The Bertz CT molecular complexity index is 436. The third-order valence-corrected chi connectivity index (χ3v) is 3.17. The Morgan fingerprint density at radius 3 is 2.15 bits per heavy atom. The smallest absolute Gasteiger partial charge is 0.239 e. The highest BCUT2D eigenvalue weighted by Crippen LogP contribution is 2.25. The van der Waals surface area contributed by atoms with Gasteiger partial charge in [-0.2, -0.15) is 0 Å². The number of carbonyl (C=O) groups is 1. The van der Waals surface area contributed by atoms with Crippen LogP contribution in [0.15, 0.2) is 18.2 Å². The van der Waals surface area contributed by atoms with Gasteiger partial charge in [-0.15, -0.1) is 0 Å². The van der Waals surface area contributed by atoms with Gasteiger partial charge in [0, 0.05) is 29.4 Å². The fourth-order valence-corrected chi connectivity index (χ4v) is 1.60. The van der Waals surface area contributed by atoms with E-state index < -0.39 is 0 Å². The number of amides is 1. The molecule has 1 aromatic rings. The van der Waals surface area contributed by atoms with Crippen LogP contribution in [0.4, 0.5) is 5.69 Å². The largest absolute Gasteiger partial charge is 0.497 e. The molecule has 0 spiro atoms. The molecule has 20 heavy (non-hydrogen) atoms. The number of carbonyl (C=O) groups excluding carboxylic acids is 1. The molecule has 0 aromatic heterocycles. The van der Waals surface area contributed by atoms with Crippen LogP contribution in [0, 0.1) is 0 Å². The van der Waals surface area contributed by atoms with Crippen LogP contribution in [0.25, 0.3) is 0 Å². The van der Waals surface area contributed by atoms with Crippen molar-refractivity contribution >= 4 is 11.6 Å². The summed E-state index contributed by atoms with van der Waals surface area (Å²) in [6, 6.07) is 5.42. The molecule has 2 N–H and O–H groups in total. The van der Waals surface area contributed by atoms with Crippen LogP contribution in [0.5, 0.6) is 11.5 Å². The minimum atomic E-state index is -0.190. The molecule has 112 valence electrons. The topological polar surface area (TPSA) is 59.6 Å². The van der Waals surface area contributed by atoms with Crippen LogP contribution in [0.1, 0.15) is 27.2 Å². The number of ether oxygens (including phenoxy) is 2. The van der Waals surface area contributed by atoms with Gasteiger partial charge in [-0.1, -0.05) is 6.92 Å². The Labute approximate surface area is 120 Å². The molecular weight excluding hydrogens is 256 g/mol. The molecule has 0 atom stereocenters. The number of hydrogen-bond acceptors (Lipinski definition) is 4. The molecule has 1 rings (SSSR count). The van der Waals surface area contributed by atoms with Crippen LogP contribution in [-0.4, -0.2) is 32.2 Å². The zero-order chi connectivity index (χ0) is 15.2. The lowest BCUT2D eigenvalue weighted by Crippen LogP contribution is -2.45. The van der Waals surface area contributed by atoms with Crippen molar-refractivity contribution in [1.82, 2.24) is 5.32 Å². The van der Waals surface area contributed by atoms with E-state index >= 15 is 0 Å². The van der Waals surface area contributed by atoms with Crippen molar-refractivity contribution in [1.29, 1.82) is 0 Å². The maximum atomic E-state index is 11.9. The Balaban J connectivity index is 2.63. The summed E-state index contributed by atoms with van der Waals surface area (Å²) in [4.78, 5) is 11.9. The molecule has 0 heterocycles. The zero-order valence-corrected chi connectivity index (χ0v) is 12.9. The van der Waals surface area contributed by atoms with E-state index in [4.69, 9.17) is 9.47 Å². The van der Waals surface area contributed by atoms with E-state index in [1.807, 2.05) is 32.9 Å². The van der Waals surface area contributed by atoms with Crippen molar-refractivity contribution in [2.45, 2.75) is 32.7 Å². The second-order valence-corrected chi connectivity index (χ2v) is 5.24. The van der Waals surface area contributed by atoms with Crippen molar-refractivity contribution < 1.29 is 14.3 Å². The standard InChI is InChI=1S/C15H24N2O3/c1-6-15(2,3)17-14(18)10-16-11-7-12(19-4)9-13(8-11)20-5/h7-9,16H,6,10H2,1-5H3,(H,17,18). The lowest BCUT2D eigenvalue weighted by Gasteiger charge is -2.24. The molecular formula is C15H24N2O3. The molecule has 0 fully saturated rings. The highest BCUT2D eigenvalue weighted by molar-refractivity contribution is 5.81. The van der Waals surface area contributed by atoms with E-state index in [-0.39, 0.29) is 18.0 Å². The molecule has 0 aliphatic carbocycles. The van der Waals surface area contributed by atoms with Crippen LogP contribution in [0.3, 0.4) is 0 Å². The zero-order valence-electron chi connectivity index (χ0n) is 12.9. The van der Waals surface area contributed by atoms with E-state index in [2.05, 4.69) is 10.6 Å². The maximum Gasteiger partial charge on any atom is 0.239 e. The van der Waals surface area contributed by atoms with Gasteiger partial charge >= 0.3 is 0 Å². The van der Waals surface area contributed by atoms with Gasteiger partial charge in [0.25, 0.3) is 0 Å². The fourth-order valence-electron chi connectivity index (χ4n) is 1.60. The number of benzene rings is 1. The summed E-state index contributed by atoms with van der Waals surface area (Å²) in [5, 5.41) is 6.04. The van der Waals surface area contributed by atoms with Crippen LogP contribution < -0.4 is 20.1 Å². The fraction of sp³-hybridized carbons (Fsp3) is 0.533. The molecule has 0 bridgehead atoms. The number of hydrogen-bond donors (Lipinski definition) is 2. The summed E-state index contributed by atoms with van der Waals surface area (Å²) in [6.07, 6.45) is 0.881. The molecule has 1 amide bonds. The summed E-state index contributed by atoms with van der Waals surface area (Å²) in [5.41, 5.74) is 0.593. The van der Waals surface area contributed by atoms with Gasteiger partial charge in [0.15, 0.2) is 0 Å². The van der Waals surface area contributed by atoms with Crippen molar-refractivity contribution in [2.75, 3.05) is 26.1 Å². The Kier molecular flexibility index (Phi) is 5.67. The molecule has 5 nitrogen and oxygen atoms in total. The Morgan fingerprint density at radius 2 is 1.70 bits per heavy atom. The van der Waals surface area contributed by atoms with Gasteiger partial charge in [-0.05, 0) is 20.3 Å². The summed E-state index contributed by atoms with van der Waals surface area (Å²) in [6.45, 7) is 6.25. The minimum absolute atomic E-state index is 0.0429. The van der Waals surface area contributed by atoms with E-state index in [0.29, 0.717) is 11.5 Å². The van der Waals surface area contributed by atoms with Crippen molar-refractivity contribution in [2.24, 2.45) is 0 Å². The molecule has 0 aliphatic rings. The van der Waals surface area contributed by atoms with E-state index in [0.717, 1.165) is 12.1 Å². The van der Waals surface area contributed by atoms with Crippen molar-refractivity contribution in [3.63, 3.8) is 0 Å². The summed E-state index contributed by atoms with van der Waals surface area (Å²) in [7, 11) is 3.18. The first-order valence-electron chi connectivity index (χ1n) is 6.68. The first kappa shape index (κ1) is 16.1. The number of methoxy groups -OCH3 is 2. The lowest BCUT2D eigenvalue weighted by molar-refractivity contribution is -0.121. The average Bonchev–Trinajstić information content (AvgIpc) is 2.44. The average molecular weight is 280 g/mol. The highest BCUT2D eigenvalue weighted by atomic mass is 16.5. The number of anilines is 1.